The summed E-state index contributed by atoms with van der Waals surface area (Å²) in [4.78, 5) is 5.64. The number of aromatic nitrogens is 1. The van der Waals surface area contributed by atoms with E-state index in [1.807, 2.05) is 0 Å². The Kier molecular flexibility index (Phi) is 6.36. The van der Waals surface area contributed by atoms with Crippen molar-refractivity contribution in [3.05, 3.63) is 36.0 Å². The zero-order valence-electron chi connectivity index (χ0n) is 11.8. The van der Waals surface area contributed by atoms with Crippen LogP contribution in [0.15, 0.2) is 30.5 Å². The molecule has 1 aliphatic heterocycles. The average Bonchev–Trinajstić information content (AvgIpc) is 2.92. The summed E-state index contributed by atoms with van der Waals surface area (Å²) in [6.45, 7) is 4.17. The standard InChI is InChI=1S/C15H19N3S2.ClH/c19-15(18-8-6-16-7-9-18)20-10-5-12-11-17-14-4-2-1-3-13(12)14;/h1-4,11,16-17H,5-10H2;1H. The van der Waals surface area contributed by atoms with Crippen LogP contribution < -0.4 is 5.32 Å². The van der Waals surface area contributed by atoms with E-state index in [4.69, 9.17) is 12.2 Å². The average molecular weight is 342 g/mol. The molecule has 1 aromatic heterocycles. The molecule has 114 valence electrons. The monoisotopic (exact) mass is 341 g/mol. The molecule has 6 heteroatoms. The highest BCUT2D eigenvalue weighted by Gasteiger charge is 2.13. The van der Waals surface area contributed by atoms with Gasteiger partial charge in [0.25, 0.3) is 0 Å². The lowest BCUT2D eigenvalue weighted by atomic mass is 10.1. The second-order valence-corrected chi connectivity index (χ2v) is 6.69. The summed E-state index contributed by atoms with van der Waals surface area (Å²) in [6, 6.07) is 8.47. The van der Waals surface area contributed by atoms with E-state index in [1.54, 1.807) is 11.8 Å². The van der Waals surface area contributed by atoms with Crippen LogP contribution in [0.2, 0.25) is 0 Å². The molecular formula is C15H20ClN3S2. The van der Waals surface area contributed by atoms with Crippen molar-refractivity contribution in [1.29, 1.82) is 0 Å². The molecule has 21 heavy (non-hydrogen) atoms. The first-order valence-corrected chi connectivity index (χ1v) is 8.41. The van der Waals surface area contributed by atoms with Gasteiger partial charge in [-0.2, -0.15) is 0 Å². The Morgan fingerprint density at radius 3 is 2.81 bits per heavy atom. The summed E-state index contributed by atoms with van der Waals surface area (Å²) >= 11 is 7.32. The number of piperazine rings is 1. The molecule has 1 fully saturated rings. The van der Waals surface area contributed by atoms with Crippen molar-refractivity contribution in [2.45, 2.75) is 6.42 Å². The second kappa shape index (κ2) is 8.03. The highest BCUT2D eigenvalue weighted by atomic mass is 35.5. The van der Waals surface area contributed by atoms with Gasteiger partial charge >= 0.3 is 0 Å². The molecule has 0 aliphatic carbocycles. The van der Waals surface area contributed by atoms with Gasteiger partial charge in [0.2, 0.25) is 0 Å². The van der Waals surface area contributed by atoms with Gasteiger partial charge in [-0.15, -0.1) is 12.4 Å². The molecule has 2 aromatic rings. The number of aromatic amines is 1. The molecular weight excluding hydrogens is 322 g/mol. The molecule has 3 rings (SSSR count). The van der Waals surface area contributed by atoms with Crippen molar-refractivity contribution in [3.8, 4) is 0 Å². The molecule has 2 heterocycles. The fourth-order valence-electron chi connectivity index (χ4n) is 2.53. The maximum atomic E-state index is 5.52. The van der Waals surface area contributed by atoms with Crippen molar-refractivity contribution < 1.29 is 0 Å². The first kappa shape index (κ1) is 16.6. The minimum atomic E-state index is 0. The molecule has 0 radical (unpaired) electrons. The van der Waals surface area contributed by atoms with E-state index >= 15 is 0 Å². The Balaban J connectivity index is 0.00000161. The molecule has 0 spiro atoms. The molecule has 0 bridgehead atoms. The number of H-pyrrole nitrogens is 1. The first-order valence-electron chi connectivity index (χ1n) is 7.02. The van der Waals surface area contributed by atoms with Crippen molar-refractivity contribution in [1.82, 2.24) is 15.2 Å². The van der Waals surface area contributed by atoms with Gasteiger partial charge < -0.3 is 15.2 Å². The van der Waals surface area contributed by atoms with Crippen molar-refractivity contribution in [2.75, 3.05) is 31.9 Å². The van der Waals surface area contributed by atoms with Gasteiger partial charge in [-0.3, -0.25) is 0 Å². The maximum absolute atomic E-state index is 5.52. The Morgan fingerprint density at radius 1 is 1.24 bits per heavy atom. The van der Waals surface area contributed by atoms with Crippen LogP contribution in [0.25, 0.3) is 10.9 Å². The van der Waals surface area contributed by atoms with Crippen LogP contribution in [0.1, 0.15) is 5.56 Å². The van der Waals surface area contributed by atoms with Crippen LogP contribution in [0.5, 0.6) is 0 Å². The van der Waals surface area contributed by atoms with Crippen LogP contribution in [-0.2, 0) is 6.42 Å². The lowest BCUT2D eigenvalue weighted by Crippen LogP contribution is -2.45. The number of thioether (sulfide) groups is 1. The summed E-state index contributed by atoms with van der Waals surface area (Å²) in [5, 5.41) is 4.69. The number of benzene rings is 1. The molecule has 1 aliphatic rings. The van der Waals surface area contributed by atoms with E-state index in [0.717, 1.165) is 42.7 Å². The van der Waals surface area contributed by atoms with E-state index < -0.39 is 0 Å². The number of nitrogens with zero attached hydrogens (tertiary/aromatic N) is 1. The number of hydrogen-bond donors (Lipinski definition) is 2. The summed E-state index contributed by atoms with van der Waals surface area (Å²) in [6.07, 6.45) is 3.18. The van der Waals surface area contributed by atoms with Crippen molar-refractivity contribution in [2.24, 2.45) is 0 Å². The van der Waals surface area contributed by atoms with Crippen molar-refractivity contribution in [3.63, 3.8) is 0 Å². The van der Waals surface area contributed by atoms with Gasteiger partial charge in [-0.05, 0) is 18.1 Å². The van der Waals surface area contributed by atoms with E-state index in [2.05, 4.69) is 45.7 Å². The highest BCUT2D eigenvalue weighted by Crippen LogP contribution is 2.20. The number of aryl methyl sites for hydroxylation is 1. The van der Waals surface area contributed by atoms with Crippen LogP contribution in [0, 0.1) is 0 Å². The lowest BCUT2D eigenvalue weighted by Gasteiger charge is -2.29. The van der Waals surface area contributed by atoms with Crippen molar-refractivity contribution >= 4 is 51.6 Å². The fourth-order valence-corrected chi connectivity index (χ4v) is 3.82. The smallest absolute Gasteiger partial charge is 0.136 e. The van der Waals surface area contributed by atoms with Gasteiger partial charge in [0.05, 0.1) is 0 Å². The summed E-state index contributed by atoms with van der Waals surface area (Å²) in [7, 11) is 0. The van der Waals surface area contributed by atoms with Gasteiger partial charge in [0, 0.05) is 49.0 Å². The van der Waals surface area contributed by atoms with E-state index in [0.29, 0.717) is 0 Å². The molecule has 0 amide bonds. The summed E-state index contributed by atoms with van der Waals surface area (Å²) < 4.78 is 1.05. The number of nitrogens with one attached hydrogen (secondary N) is 2. The van der Waals surface area contributed by atoms with Crippen LogP contribution in [0.4, 0.5) is 0 Å². The number of para-hydroxylation sites is 1. The molecule has 1 aromatic carbocycles. The topological polar surface area (TPSA) is 31.1 Å². The zero-order valence-corrected chi connectivity index (χ0v) is 14.3. The Bertz CT molecular complexity index is 593. The second-order valence-electron chi connectivity index (χ2n) is 4.96. The number of rotatable bonds is 3. The zero-order chi connectivity index (χ0) is 13.8. The van der Waals surface area contributed by atoms with E-state index in [1.165, 1.54) is 16.5 Å². The SMILES string of the molecule is Cl.S=C(SCCc1c[nH]c2ccccc12)N1CCNCC1. The Hall–Kier alpha value is -0.750. The van der Waals surface area contributed by atoms with E-state index in [9.17, 15) is 0 Å². The largest absolute Gasteiger partial charge is 0.361 e. The number of fused-ring (bicyclic) bond motifs is 1. The number of thiocarbonyl (C=S) groups is 1. The van der Waals surface area contributed by atoms with Crippen LogP contribution >= 0.6 is 36.4 Å². The number of halogens is 1. The third-order valence-electron chi connectivity index (χ3n) is 3.65. The molecule has 1 saturated heterocycles. The quantitative estimate of drug-likeness (QED) is 0.840. The molecule has 0 unspecified atom stereocenters. The molecule has 3 nitrogen and oxygen atoms in total. The Labute approximate surface area is 141 Å². The predicted octanol–water partition coefficient (Wildman–Crippen LogP) is 3.06. The summed E-state index contributed by atoms with van der Waals surface area (Å²) in [5.41, 5.74) is 2.60. The Morgan fingerprint density at radius 2 is 2.00 bits per heavy atom. The van der Waals surface area contributed by atoms with Gasteiger partial charge in [-0.25, -0.2) is 0 Å². The fraction of sp³-hybridized carbons (Fsp3) is 0.400. The summed E-state index contributed by atoms with van der Waals surface area (Å²) in [5.74, 6) is 1.05. The normalized spacial score (nSPS) is 15.0. The van der Waals surface area contributed by atoms with Crippen LogP contribution in [0.3, 0.4) is 0 Å². The van der Waals surface area contributed by atoms with Gasteiger partial charge in [0.1, 0.15) is 4.32 Å². The maximum Gasteiger partial charge on any atom is 0.136 e. The lowest BCUT2D eigenvalue weighted by molar-refractivity contribution is 0.368. The van der Waals surface area contributed by atoms with Gasteiger partial charge in [-0.1, -0.05) is 42.2 Å². The molecule has 0 atom stereocenters. The van der Waals surface area contributed by atoms with Gasteiger partial charge in [0.15, 0.2) is 0 Å². The molecule has 0 saturated carbocycles. The molecule has 2 N–H and O–H groups in total. The minimum Gasteiger partial charge on any atom is -0.361 e. The first-order chi connectivity index (χ1) is 9.84. The number of hydrogen-bond acceptors (Lipinski definition) is 3. The predicted molar refractivity (Wildman–Crippen MR) is 98.7 cm³/mol. The third kappa shape index (κ3) is 4.13. The highest BCUT2D eigenvalue weighted by molar-refractivity contribution is 8.22. The minimum absolute atomic E-state index is 0. The van der Waals surface area contributed by atoms with Crippen LogP contribution in [-0.4, -0.2) is 46.1 Å². The third-order valence-corrected chi connectivity index (χ3v) is 5.17. The van der Waals surface area contributed by atoms with E-state index in [-0.39, 0.29) is 12.4 Å².